The number of carbonyl (C=O) groups excluding carboxylic acids is 1. The molecule has 0 atom stereocenters. The molecule has 0 saturated heterocycles. The third kappa shape index (κ3) is 5.46. The Morgan fingerprint density at radius 2 is 1.88 bits per heavy atom. The van der Waals surface area contributed by atoms with Crippen LogP contribution in [0.1, 0.15) is 0 Å². The number of rotatable bonds is 7. The second kappa shape index (κ2) is 8.19. The minimum atomic E-state index is -3.44. The Labute approximate surface area is 150 Å². The third-order valence-electron chi connectivity index (χ3n) is 3.58. The van der Waals surface area contributed by atoms with E-state index in [1.807, 2.05) is 0 Å². The fraction of sp³-hybridized carbons (Fsp3) is 0.312. The predicted molar refractivity (Wildman–Crippen MR) is 94.4 cm³/mol. The van der Waals surface area contributed by atoms with Crippen molar-refractivity contribution in [2.24, 2.45) is 0 Å². The van der Waals surface area contributed by atoms with Gasteiger partial charge in [-0.05, 0) is 30.3 Å². The van der Waals surface area contributed by atoms with Crippen LogP contribution in [0.15, 0.2) is 41.2 Å². The lowest BCUT2D eigenvalue weighted by molar-refractivity contribution is -0.121. The van der Waals surface area contributed by atoms with Crippen LogP contribution < -0.4 is 10.9 Å². The molecule has 8 nitrogen and oxygen atoms in total. The van der Waals surface area contributed by atoms with E-state index >= 15 is 0 Å². The van der Waals surface area contributed by atoms with Gasteiger partial charge in [-0.25, -0.2) is 17.5 Å². The van der Waals surface area contributed by atoms with Crippen LogP contribution in [0.25, 0.3) is 11.3 Å². The van der Waals surface area contributed by atoms with Crippen molar-refractivity contribution in [1.82, 2.24) is 19.4 Å². The smallest absolute Gasteiger partial charge is 0.266 e. The van der Waals surface area contributed by atoms with Crippen LogP contribution in [0.3, 0.4) is 0 Å². The number of halogens is 1. The van der Waals surface area contributed by atoms with Crippen molar-refractivity contribution in [1.29, 1.82) is 0 Å². The molecule has 2 aromatic rings. The zero-order chi connectivity index (χ0) is 19.3. The zero-order valence-electron chi connectivity index (χ0n) is 14.3. The molecule has 2 rings (SSSR count). The van der Waals surface area contributed by atoms with Crippen LogP contribution in [0.4, 0.5) is 4.39 Å². The average molecular weight is 382 g/mol. The molecule has 10 heteroatoms. The van der Waals surface area contributed by atoms with E-state index in [-0.39, 0.29) is 31.0 Å². The minimum absolute atomic E-state index is 0.107. The Morgan fingerprint density at radius 3 is 2.50 bits per heavy atom. The van der Waals surface area contributed by atoms with Gasteiger partial charge in [0.15, 0.2) is 0 Å². The van der Waals surface area contributed by atoms with E-state index in [0.29, 0.717) is 11.3 Å². The minimum Gasteiger partial charge on any atom is -0.353 e. The van der Waals surface area contributed by atoms with Crippen molar-refractivity contribution in [2.45, 2.75) is 6.54 Å². The molecule has 0 saturated carbocycles. The highest BCUT2D eigenvalue weighted by Gasteiger charge is 2.14. The van der Waals surface area contributed by atoms with E-state index < -0.39 is 15.9 Å². The number of sulfonamides is 1. The van der Waals surface area contributed by atoms with E-state index in [4.69, 9.17) is 0 Å². The molecule has 0 unspecified atom stereocenters. The topological polar surface area (TPSA) is 101 Å². The van der Waals surface area contributed by atoms with Crippen LogP contribution in [-0.4, -0.2) is 54.8 Å². The second-order valence-corrected chi connectivity index (χ2v) is 7.75. The van der Waals surface area contributed by atoms with Gasteiger partial charge in [-0.3, -0.25) is 9.59 Å². The van der Waals surface area contributed by atoms with Crippen LogP contribution in [0, 0.1) is 5.82 Å². The Balaban J connectivity index is 1.99. The molecule has 1 heterocycles. The largest absolute Gasteiger partial charge is 0.353 e. The second-order valence-electron chi connectivity index (χ2n) is 5.66. The van der Waals surface area contributed by atoms with Crippen LogP contribution >= 0.6 is 0 Å². The molecule has 0 radical (unpaired) electrons. The Bertz CT molecular complexity index is 941. The fourth-order valence-corrected chi connectivity index (χ4v) is 2.41. The van der Waals surface area contributed by atoms with E-state index in [1.54, 1.807) is 12.1 Å². The van der Waals surface area contributed by atoms with Gasteiger partial charge >= 0.3 is 0 Å². The highest BCUT2D eigenvalue weighted by molar-refractivity contribution is 7.88. The molecule has 0 fully saturated rings. The van der Waals surface area contributed by atoms with E-state index in [1.165, 1.54) is 36.0 Å². The molecule has 0 spiro atoms. The summed E-state index contributed by atoms with van der Waals surface area (Å²) in [7, 11) is -2.14. The highest BCUT2D eigenvalue weighted by Crippen LogP contribution is 2.15. The highest BCUT2D eigenvalue weighted by atomic mass is 32.2. The van der Waals surface area contributed by atoms with E-state index in [0.717, 1.165) is 10.6 Å². The first-order valence-corrected chi connectivity index (χ1v) is 9.54. The van der Waals surface area contributed by atoms with Crippen molar-refractivity contribution in [3.63, 3.8) is 0 Å². The molecule has 1 aromatic carbocycles. The number of hydrogen-bond acceptors (Lipinski definition) is 5. The SMILES string of the molecule is CN(CC(=O)NCCn1nc(-c2ccc(F)cc2)ccc1=O)S(C)(=O)=O. The summed E-state index contributed by atoms with van der Waals surface area (Å²) in [5.41, 5.74) is 0.796. The number of benzene rings is 1. The lowest BCUT2D eigenvalue weighted by Crippen LogP contribution is -2.39. The molecule has 0 bridgehead atoms. The number of carbonyl (C=O) groups is 1. The number of aromatic nitrogens is 2. The number of nitrogens with zero attached hydrogens (tertiary/aromatic N) is 3. The number of amides is 1. The molecule has 0 aliphatic heterocycles. The van der Waals surface area contributed by atoms with Crippen molar-refractivity contribution >= 4 is 15.9 Å². The summed E-state index contributed by atoms with van der Waals surface area (Å²) in [5, 5.41) is 6.73. The maximum atomic E-state index is 13.0. The van der Waals surface area contributed by atoms with Crippen LogP contribution in [0.2, 0.25) is 0 Å². The summed E-state index contributed by atoms with van der Waals surface area (Å²) in [5.74, 6) is -0.857. The number of hydrogen-bond donors (Lipinski definition) is 1. The summed E-state index contributed by atoms with van der Waals surface area (Å²) in [6.45, 7) is -0.0881. The molecule has 1 N–H and O–H groups in total. The molecule has 140 valence electrons. The molecular weight excluding hydrogens is 363 g/mol. The normalized spacial score (nSPS) is 11.5. The maximum absolute atomic E-state index is 13.0. The average Bonchev–Trinajstić information content (AvgIpc) is 2.56. The molecule has 0 aliphatic rings. The molecule has 1 amide bonds. The number of likely N-dealkylation sites (N-methyl/N-ethyl adjacent to an activating group) is 1. The molecular formula is C16H19FN4O4S. The van der Waals surface area contributed by atoms with Crippen molar-refractivity contribution in [3.8, 4) is 11.3 Å². The van der Waals surface area contributed by atoms with Gasteiger partial charge in [-0.15, -0.1) is 0 Å². The molecule has 1 aromatic heterocycles. The van der Waals surface area contributed by atoms with E-state index in [2.05, 4.69) is 10.4 Å². The summed E-state index contributed by atoms with van der Waals surface area (Å²) in [4.78, 5) is 23.6. The summed E-state index contributed by atoms with van der Waals surface area (Å²) in [6, 6.07) is 8.57. The van der Waals surface area contributed by atoms with Gasteiger partial charge in [0.1, 0.15) is 5.82 Å². The zero-order valence-corrected chi connectivity index (χ0v) is 15.2. The van der Waals surface area contributed by atoms with Crippen LogP contribution in [-0.2, 0) is 21.4 Å². The third-order valence-corrected chi connectivity index (χ3v) is 4.85. The molecule has 26 heavy (non-hydrogen) atoms. The van der Waals surface area contributed by atoms with E-state index in [9.17, 15) is 22.4 Å². The first-order valence-electron chi connectivity index (χ1n) is 7.69. The Kier molecular flexibility index (Phi) is 6.22. The first-order chi connectivity index (χ1) is 12.2. The van der Waals surface area contributed by atoms with Crippen molar-refractivity contribution in [3.05, 3.63) is 52.6 Å². The van der Waals surface area contributed by atoms with Gasteiger partial charge in [-0.2, -0.15) is 9.40 Å². The Hall–Kier alpha value is -2.59. The fourth-order valence-electron chi connectivity index (χ4n) is 2.06. The standard InChI is InChI=1S/C16H19FN4O4S/c1-20(26(2,24)25)11-15(22)18-9-10-21-16(23)8-7-14(19-21)12-3-5-13(17)6-4-12/h3-8H,9-11H2,1-2H3,(H,18,22). The maximum Gasteiger partial charge on any atom is 0.266 e. The van der Waals surface area contributed by atoms with Gasteiger partial charge in [0, 0.05) is 25.2 Å². The van der Waals surface area contributed by atoms with Gasteiger partial charge in [0.25, 0.3) is 5.56 Å². The lowest BCUT2D eigenvalue weighted by Gasteiger charge is -2.14. The summed E-state index contributed by atoms with van der Waals surface area (Å²) in [6.07, 6.45) is 1.00. The Morgan fingerprint density at radius 1 is 1.23 bits per heavy atom. The predicted octanol–water partition coefficient (Wildman–Crippen LogP) is 0.0570. The van der Waals surface area contributed by atoms with Crippen molar-refractivity contribution < 1.29 is 17.6 Å². The quantitative estimate of drug-likeness (QED) is 0.730. The molecule has 0 aliphatic carbocycles. The first kappa shape index (κ1) is 19.7. The van der Waals surface area contributed by atoms with Gasteiger partial charge in [0.05, 0.1) is 25.0 Å². The number of nitrogens with one attached hydrogen (secondary N) is 1. The monoisotopic (exact) mass is 382 g/mol. The summed E-state index contributed by atoms with van der Waals surface area (Å²) < 4.78 is 37.6. The van der Waals surface area contributed by atoms with Crippen LogP contribution in [0.5, 0.6) is 0 Å². The summed E-state index contributed by atoms with van der Waals surface area (Å²) >= 11 is 0. The van der Waals surface area contributed by atoms with Gasteiger partial charge < -0.3 is 5.32 Å². The van der Waals surface area contributed by atoms with Gasteiger partial charge in [0.2, 0.25) is 15.9 Å². The van der Waals surface area contributed by atoms with Crippen molar-refractivity contribution in [2.75, 3.05) is 26.4 Å². The lowest BCUT2D eigenvalue weighted by atomic mass is 10.1. The van der Waals surface area contributed by atoms with Gasteiger partial charge in [-0.1, -0.05) is 0 Å².